The molecule has 0 fully saturated rings. The lowest BCUT2D eigenvalue weighted by Gasteiger charge is -2.17. The van der Waals surface area contributed by atoms with E-state index >= 15 is 0 Å². The van der Waals surface area contributed by atoms with Crippen molar-refractivity contribution in [1.82, 2.24) is 10.6 Å². The third kappa shape index (κ3) is 7.22. The van der Waals surface area contributed by atoms with E-state index < -0.39 is 12.0 Å². The molecule has 6 nitrogen and oxygen atoms in total. The highest BCUT2D eigenvalue weighted by atomic mass is 16.4. The van der Waals surface area contributed by atoms with E-state index in [0.717, 1.165) is 5.56 Å². The Morgan fingerprint density at radius 3 is 2.43 bits per heavy atom. The summed E-state index contributed by atoms with van der Waals surface area (Å²) in [5.41, 5.74) is 0.965. The molecule has 0 bridgehead atoms. The first kappa shape index (κ1) is 16.8. The van der Waals surface area contributed by atoms with Gasteiger partial charge in [-0.05, 0) is 18.9 Å². The fraction of sp³-hybridized carbons (Fsp3) is 0.400. The van der Waals surface area contributed by atoms with E-state index in [1.54, 1.807) is 0 Å². The van der Waals surface area contributed by atoms with Crippen molar-refractivity contribution in [2.75, 3.05) is 13.1 Å². The van der Waals surface area contributed by atoms with Crippen LogP contribution in [0.1, 0.15) is 18.9 Å². The average Bonchev–Trinajstić information content (AvgIpc) is 2.43. The number of rotatable bonds is 9. The minimum atomic E-state index is -0.966. The quantitative estimate of drug-likeness (QED) is 0.611. The Morgan fingerprint density at radius 2 is 1.86 bits per heavy atom. The molecule has 0 radical (unpaired) electrons. The zero-order valence-electron chi connectivity index (χ0n) is 12.0. The van der Waals surface area contributed by atoms with E-state index in [-0.39, 0.29) is 31.2 Å². The fourth-order valence-corrected chi connectivity index (χ4v) is 1.79. The maximum absolute atomic E-state index is 12.1. The number of nitrogens with one attached hydrogen (secondary N) is 2. The zero-order valence-corrected chi connectivity index (χ0v) is 12.0. The van der Waals surface area contributed by atoms with Gasteiger partial charge in [0.25, 0.3) is 0 Å². The molecule has 0 aromatic heterocycles. The third-order valence-electron chi connectivity index (χ3n) is 2.83. The molecule has 0 saturated heterocycles. The number of carboxylic acids is 1. The Labute approximate surface area is 123 Å². The van der Waals surface area contributed by atoms with Gasteiger partial charge in [0, 0.05) is 6.54 Å². The Bertz CT molecular complexity index is 488. The van der Waals surface area contributed by atoms with E-state index in [2.05, 4.69) is 10.6 Å². The molecule has 1 atom stereocenters. The molecule has 0 heterocycles. The van der Waals surface area contributed by atoms with Gasteiger partial charge in [0.05, 0.1) is 19.0 Å². The Hall–Kier alpha value is -2.21. The molecule has 1 aromatic carbocycles. The summed E-state index contributed by atoms with van der Waals surface area (Å²) >= 11 is 0. The number of carboxylic acid groups (broad SMARTS) is 1. The minimum Gasteiger partial charge on any atom is -0.481 e. The number of benzene rings is 1. The lowest BCUT2D eigenvalue weighted by Crippen LogP contribution is -2.47. The number of hydrogen-bond acceptors (Lipinski definition) is 4. The van der Waals surface area contributed by atoms with Crippen molar-refractivity contribution < 1.29 is 19.5 Å². The van der Waals surface area contributed by atoms with E-state index in [4.69, 9.17) is 5.11 Å². The van der Waals surface area contributed by atoms with Crippen molar-refractivity contribution in [2.45, 2.75) is 25.8 Å². The van der Waals surface area contributed by atoms with Crippen molar-refractivity contribution in [3.63, 3.8) is 0 Å². The molecule has 1 rings (SSSR count). The molecule has 0 spiro atoms. The molecule has 0 aliphatic carbocycles. The largest absolute Gasteiger partial charge is 0.481 e. The van der Waals surface area contributed by atoms with Gasteiger partial charge >= 0.3 is 5.97 Å². The highest BCUT2D eigenvalue weighted by Gasteiger charge is 2.18. The summed E-state index contributed by atoms with van der Waals surface area (Å²) in [5, 5.41) is 14.0. The number of hydrogen-bond donors (Lipinski definition) is 3. The molecule has 0 unspecified atom stereocenters. The summed E-state index contributed by atoms with van der Waals surface area (Å²) < 4.78 is 0. The first-order chi connectivity index (χ1) is 9.99. The molecule has 0 aliphatic rings. The van der Waals surface area contributed by atoms with Crippen LogP contribution < -0.4 is 10.6 Å². The Kier molecular flexibility index (Phi) is 7.11. The highest BCUT2D eigenvalue weighted by Crippen LogP contribution is 2.03. The second-order valence-electron chi connectivity index (χ2n) is 4.76. The number of Topliss-reactive ketones (excluding diaryl/α,β-unsaturated/α-hetero) is 1. The van der Waals surface area contributed by atoms with E-state index in [9.17, 15) is 14.4 Å². The van der Waals surface area contributed by atoms with Gasteiger partial charge < -0.3 is 10.4 Å². The van der Waals surface area contributed by atoms with E-state index in [1.807, 2.05) is 30.3 Å². The summed E-state index contributed by atoms with van der Waals surface area (Å²) in [6.07, 6.45) is 0.309. The van der Waals surface area contributed by atoms with Crippen molar-refractivity contribution in [2.24, 2.45) is 0 Å². The second kappa shape index (κ2) is 8.86. The number of aliphatic carboxylic acids is 1. The summed E-state index contributed by atoms with van der Waals surface area (Å²) in [6, 6.07) is 8.86. The van der Waals surface area contributed by atoms with Gasteiger partial charge in [-0.1, -0.05) is 30.3 Å². The van der Waals surface area contributed by atoms with Crippen LogP contribution in [0.2, 0.25) is 0 Å². The van der Waals surface area contributed by atoms with Crippen LogP contribution in [0.25, 0.3) is 0 Å². The van der Waals surface area contributed by atoms with Crippen molar-refractivity contribution in [3.05, 3.63) is 35.9 Å². The van der Waals surface area contributed by atoms with E-state index in [0.29, 0.717) is 6.42 Å². The molecule has 114 valence electrons. The lowest BCUT2D eigenvalue weighted by atomic mass is 10.1. The standard InChI is InChI=1S/C15H20N2O4/c1-11(18)10-17-13(9-12-5-3-2-4-6-12)15(21)16-8-7-14(19)20/h2-6,13,17H,7-10H2,1H3,(H,16,21)(H,19,20)/t13-/m0/s1. The summed E-state index contributed by atoms with van der Waals surface area (Å²) in [6.45, 7) is 1.61. The van der Waals surface area contributed by atoms with Crippen LogP contribution in [0.5, 0.6) is 0 Å². The van der Waals surface area contributed by atoms with Crippen LogP contribution >= 0.6 is 0 Å². The molecular formula is C15H20N2O4. The van der Waals surface area contributed by atoms with Crippen LogP contribution in [0.15, 0.2) is 30.3 Å². The molecule has 1 aromatic rings. The van der Waals surface area contributed by atoms with Crippen LogP contribution in [-0.2, 0) is 20.8 Å². The topological polar surface area (TPSA) is 95.5 Å². The molecule has 21 heavy (non-hydrogen) atoms. The summed E-state index contributed by atoms with van der Waals surface area (Å²) in [7, 11) is 0. The molecule has 3 N–H and O–H groups in total. The fourth-order valence-electron chi connectivity index (χ4n) is 1.79. The molecule has 1 amide bonds. The number of amides is 1. The predicted octanol–water partition coefficient (Wildman–Crippen LogP) is 0.367. The van der Waals surface area contributed by atoms with Crippen LogP contribution in [0, 0.1) is 0 Å². The number of carbonyl (C=O) groups is 3. The Balaban J connectivity index is 2.60. The van der Waals surface area contributed by atoms with Gasteiger partial charge in [-0.2, -0.15) is 0 Å². The van der Waals surface area contributed by atoms with Gasteiger partial charge in [0.15, 0.2) is 0 Å². The van der Waals surface area contributed by atoms with Gasteiger partial charge in [0.1, 0.15) is 5.78 Å². The van der Waals surface area contributed by atoms with Crippen LogP contribution in [-0.4, -0.2) is 41.9 Å². The number of carbonyl (C=O) groups excluding carboxylic acids is 2. The van der Waals surface area contributed by atoms with Crippen molar-refractivity contribution >= 4 is 17.7 Å². The molecule has 0 aliphatic heterocycles. The minimum absolute atomic E-state index is 0.0635. The predicted molar refractivity (Wildman–Crippen MR) is 77.9 cm³/mol. The first-order valence-corrected chi connectivity index (χ1v) is 6.75. The van der Waals surface area contributed by atoms with E-state index in [1.165, 1.54) is 6.92 Å². The SMILES string of the molecule is CC(=O)CN[C@@H](Cc1ccccc1)C(=O)NCCC(=O)O. The highest BCUT2D eigenvalue weighted by molar-refractivity contribution is 5.84. The molecule has 0 saturated carbocycles. The normalized spacial score (nSPS) is 11.7. The summed E-state index contributed by atoms with van der Waals surface area (Å²) in [5.74, 6) is -1.33. The van der Waals surface area contributed by atoms with Crippen molar-refractivity contribution in [1.29, 1.82) is 0 Å². The lowest BCUT2D eigenvalue weighted by molar-refractivity contribution is -0.137. The third-order valence-corrected chi connectivity index (χ3v) is 2.83. The molecule has 6 heteroatoms. The first-order valence-electron chi connectivity index (χ1n) is 6.75. The van der Waals surface area contributed by atoms with Crippen LogP contribution in [0.3, 0.4) is 0 Å². The van der Waals surface area contributed by atoms with Gasteiger partial charge in [-0.15, -0.1) is 0 Å². The van der Waals surface area contributed by atoms with Crippen molar-refractivity contribution in [3.8, 4) is 0 Å². The average molecular weight is 292 g/mol. The molecular weight excluding hydrogens is 272 g/mol. The zero-order chi connectivity index (χ0) is 15.7. The van der Waals surface area contributed by atoms with Gasteiger partial charge in [-0.3, -0.25) is 19.7 Å². The maximum Gasteiger partial charge on any atom is 0.305 e. The summed E-state index contributed by atoms with van der Waals surface area (Å²) in [4.78, 5) is 33.6. The number of ketones is 1. The maximum atomic E-state index is 12.1. The van der Waals surface area contributed by atoms with Gasteiger partial charge in [0.2, 0.25) is 5.91 Å². The van der Waals surface area contributed by atoms with Gasteiger partial charge in [-0.25, -0.2) is 0 Å². The monoisotopic (exact) mass is 292 g/mol. The van der Waals surface area contributed by atoms with Crippen LogP contribution in [0.4, 0.5) is 0 Å². The smallest absolute Gasteiger partial charge is 0.305 e. The Morgan fingerprint density at radius 1 is 1.19 bits per heavy atom. The second-order valence-corrected chi connectivity index (χ2v) is 4.76.